The predicted octanol–water partition coefficient (Wildman–Crippen LogP) is 1.29. The van der Waals surface area contributed by atoms with Crippen LogP contribution in [0.2, 0.25) is 5.02 Å². The molecule has 0 aliphatic carbocycles. The number of hydrogen-bond donors (Lipinski definition) is 2. The monoisotopic (exact) mass is 294 g/mol. The average Bonchev–Trinajstić information content (AvgIpc) is 2.29. The van der Waals surface area contributed by atoms with E-state index in [-0.39, 0.29) is 11.4 Å². The summed E-state index contributed by atoms with van der Waals surface area (Å²) >= 11 is 5.82. The van der Waals surface area contributed by atoms with Crippen molar-refractivity contribution in [3.8, 4) is 0 Å². The van der Waals surface area contributed by atoms with Gasteiger partial charge in [-0.15, -0.1) is 0 Å². The van der Waals surface area contributed by atoms with Crippen molar-refractivity contribution in [1.29, 1.82) is 0 Å². The van der Waals surface area contributed by atoms with Crippen LogP contribution in [0.1, 0.15) is 12.5 Å². The molecule has 1 aromatic carbocycles. The first kappa shape index (κ1) is 15.4. The largest absolute Gasteiger partial charge is 0.271 e. The lowest BCUT2D eigenvalue weighted by atomic mass is 10.0. The first-order chi connectivity index (χ1) is 8.27. The van der Waals surface area contributed by atoms with Crippen LogP contribution in [0.3, 0.4) is 0 Å². The Morgan fingerprint density at radius 3 is 2.61 bits per heavy atom. The van der Waals surface area contributed by atoms with Crippen molar-refractivity contribution >= 4 is 21.4 Å². The van der Waals surface area contributed by atoms with Gasteiger partial charge in [-0.05, 0) is 25.0 Å². The highest BCUT2D eigenvalue weighted by atomic mass is 35.5. The number of nitrogens with two attached hydrogens (primary N) is 1. The van der Waals surface area contributed by atoms with Crippen LogP contribution in [0.25, 0.3) is 0 Å². The second kappa shape index (κ2) is 5.97. The van der Waals surface area contributed by atoms with E-state index in [1.54, 1.807) is 13.0 Å². The lowest BCUT2D eigenvalue weighted by Crippen LogP contribution is -2.47. The minimum absolute atomic E-state index is 0.00143. The first-order valence-corrected chi connectivity index (χ1v) is 7.68. The highest BCUT2D eigenvalue weighted by molar-refractivity contribution is 7.91. The maximum Gasteiger partial charge on any atom is 0.151 e. The second-order valence-corrected chi connectivity index (χ2v) is 7.01. The predicted molar refractivity (Wildman–Crippen MR) is 70.5 cm³/mol. The van der Waals surface area contributed by atoms with Crippen LogP contribution in [0.4, 0.5) is 4.39 Å². The van der Waals surface area contributed by atoms with Crippen LogP contribution in [0.5, 0.6) is 0 Å². The van der Waals surface area contributed by atoms with Gasteiger partial charge in [0.05, 0.1) is 10.3 Å². The molecule has 4 nitrogen and oxygen atoms in total. The van der Waals surface area contributed by atoms with Crippen LogP contribution in [-0.2, 0) is 16.3 Å². The van der Waals surface area contributed by atoms with Gasteiger partial charge < -0.3 is 0 Å². The number of hydrogen-bond acceptors (Lipinski definition) is 4. The average molecular weight is 295 g/mol. The van der Waals surface area contributed by atoms with Gasteiger partial charge in [0, 0.05) is 12.3 Å². The summed E-state index contributed by atoms with van der Waals surface area (Å²) in [6.07, 6.45) is 1.37. The molecule has 0 saturated heterocycles. The molecule has 3 N–H and O–H groups in total. The second-order valence-electron chi connectivity index (χ2n) is 4.22. The Labute approximate surface area is 111 Å². The number of nitrogens with one attached hydrogen (secondary N) is 1. The van der Waals surface area contributed by atoms with Crippen molar-refractivity contribution < 1.29 is 12.8 Å². The van der Waals surface area contributed by atoms with Gasteiger partial charge in [0.15, 0.2) is 9.84 Å². The summed E-state index contributed by atoms with van der Waals surface area (Å²) in [5.74, 6) is 4.82. The molecule has 2 atom stereocenters. The molecule has 1 rings (SSSR count). The fourth-order valence-electron chi connectivity index (χ4n) is 1.60. The van der Waals surface area contributed by atoms with Crippen LogP contribution >= 0.6 is 11.6 Å². The highest BCUT2D eigenvalue weighted by Crippen LogP contribution is 2.22. The molecule has 0 amide bonds. The lowest BCUT2D eigenvalue weighted by molar-refractivity contribution is 0.493. The van der Waals surface area contributed by atoms with Crippen molar-refractivity contribution in [2.45, 2.75) is 24.6 Å². The Morgan fingerprint density at radius 1 is 1.50 bits per heavy atom. The SMILES string of the molecule is CC(C(Cc1cccc(F)c1Cl)NN)S(C)(=O)=O. The van der Waals surface area contributed by atoms with E-state index in [0.717, 1.165) is 6.26 Å². The third-order valence-electron chi connectivity index (χ3n) is 2.93. The van der Waals surface area contributed by atoms with Gasteiger partial charge in [0.1, 0.15) is 5.82 Å². The minimum atomic E-state index is -3.24. The number of hydrazine groups is 1. The fourth-order valence-corrected chi connectivity index (χ4v) is 2.58. The van der Waals surface area contributed by atoms with Crippen LogP contribution in [0, 0.1) is 5.82 Å². The van der Waals surface area contributed by atoms with E-state index < -0.39 is 26.9 Å². The summed E-state index contributed by atoms with van der Waals surface area (Å²) in [6.45, 7) is 1.55. The molecule has 0 aliphatic rings. The van der Waals surface area contributed by atoms with Crippen LogP contribution < -0.4 is 11.3 Å². The van der Waals surface area contributed by atoms with Crippen molar-refractivity contribution in [2.24, 2.45) is 5.84 Å². The Hall–Kier alpha value is -0.690. The van der Waals surface area contributed by atoms with E-state index in [4.69, 9.17) is 17.4 Å². The van der Waals surface area contributed by atoms with E-state index in [1.165, 1.54) is 12.1 Å². The standard InChI is InChI=1S/C11H16ClFN2O2S/c1-7(18(2,16)17)10(15-14)6-8-4-3-5-9(13)11(8)12/h3-5,7,10,15H,6,14H2,1-2H3. The van der Waals surface area contributed by atoms with E-state index in [1.807, 2.05) is 0 Å². The molecular formula is C11H16ClFN2O2S. The van der Waals surface area contributed by atoms with Gasteiger partial charge in [-0.25, -0.2) is 12.8 Å². The van der Waals surface area contributed by atoms with Crippen molar-refractivity contribution in [2.75, 3.05) is 6.26 Å². The molecule has 7 heteroatoms. The van der Waals surface area contributed by atoms with Gasteiger partial charge in [-0.1, -0.05) is 23.7 Å². The lowest BCUT2D eigenvalue weighted by Gasteiger charge is -2.22. The molecule has 0 saturated carbocycles. The molecule has 0 aliphatic heterocycles. The quantitative estimate of drug-likeness (QED) is 0.634. The fraction of sp³-hybridized carbons (Fsp3) is 0.455. The summed E-state index contributed by atoms with van der Waals surface area (Å²) in [5.41, 5.74) is 2.97. The summed E-state index contributed by atoms with van der Waals surface area (Å²) < 4.78 is 36.2. The molecule has 0 spiro atoms. The first-order valence-electron chi connectivity index (χ1n) is 5.35. The van der Waals surface area contributed by atoms with Gasteiger partial charge in [-0.3, -0.25) is 11.3 Å². The van der Waals surface area contributed by atoms with Crippen LogP contribution in [0.15, 0.2) is 18.2 Å². The van der Waals surface area contributed by atoms with Gasteiger partial charge in [0.2, 0.25) is 0 Å². The molecule has 0 bridgehead atoms. The minimum Gasteiger partial charge on any atom is -0.271 e. The zero-order valence-corrected chi connectivity index (χ0v) is 11.7. The summed E-state index contributed by atoms with van der Waals surface area (Å²) in [6, 6.07) is 3.88. The molecule has 0 heterocycles. The third-order valence-corrected chi connectivity index (χ3v) is 5.03. The molecule has 0 fully saturated rings. The molecule has 102 valence electrons. The maximum atomic E-state index is 13.3. The highest BCUT2D eigenvalue weighted by Gasteiger charge is 2.26. The topological polar surface area (TPSA) is 72.2 Å². The van der Waals surface area contributed by atoms with Crippen molar-refractivity contribution in [3.05, 3.63) is 34.6 Å². The molecule has 2 unspecified atom stereocenters. The Kier molecular flexibility index (Phi) is 5.10. The smallest absolute Gasteiger partial charge is 0.151 e. The number of sulfone groups is 1. The molecular weight excluding hydrogens is 279 g/mol. The molecule has 18 heavy (non-hydrogen) atoms. The molecule has 0 aromatic heterocycles. The Bertz CT molecular complexity index is 522. The number of benzene rings is 1. The van der Waals surface area contributed by atoms with E-state index >= 15 is 0 Å². The van der Waals surface area contributed by atoms with E-state index in [2.05, 4.69) is 5.43 Å². The summed E-state index contributed by atoms with van der Waals surface area (Å²) in [4.78, 5) is 0. The van der Waals surface area contributed by atoms with Gasteiger partial charge in [0.25, 0.3) is 0 Å². The summed E-state index contributed by atoms with van der Waals surface area (Å²) in [5, 5.41) is -0.694. The number of halogens is 2. The zero-order valence-electron chi connectivity index (χ0n) is 10.2. The van der Waals surface area contributed by atoms with Crippen LogP contribution in [-0.4, -0.2) is 26.0 Å². The Morgan fingerprint density at radius 2 is 2.11 bits per heavy atom. The van der Waals surface area contributed by atoms with Crippen molar-refractivity contribution in [3.63, 3.8) is 0 Å². The third kappa shape index (κ3) is 3.65. The van der Waals surface area contributed by atoms with Crippen molar-refractivity contribution in [1.82, 2.24) is 5.43 Å². The molecule has 0 radical (unpaired) electrons. The number of rotatable bonds is 5. The van der Waals surface area contributed by atoms with E-state index in [0.29, 0.717) is 5.56 Å². The van der Waals surface area contributed by atoms with E-state index in [9.17, 15) is 12.8 Å². The maximum absolute atomic E-state index is 13.3. The summed E-state index contributed by atoms with van der Waals surface area (Å²) in [7, 11) is -3.24. The van der Waals surface area contributed by atoms with Gasteiger partial charge in [-0.2, -0.15) is 0 Å². The Balaban J connectivity index is 2.97. The van der Waals surface area contributed by atoms with Gasteiger partial charge >= 0.3 is 0 Å². The molecule has 1 aromatic rings. The normalized spacial score (nSPS) is 15.4. The zero-order chi connectivity index (χ0) is 13.9.